The first-order chi connectivity index (χ1) is 4.77. The van der Waals surface area contributed by atoms with E-state index in [1.165, 1.54) is 18.9 Å². The van der Waals surface area contributed by atoms with E-state index in [0.717, 1.165) is 12.8 Å². The molecule has 0 rings (SSSR count). The summed E-state index contributed by atoms with van der Waals surface area (Å²) in [5.74, 6) is -0.350. The van der Waals surface area contributed by atoms with Crippen LogP contribution in [0, 0.1) is 0 Å². The topological polar surface area (TPSA) is 43.1 Å². The Morgan fingerprint density at radius 3 is 2.70 bits per heavy atom. The van der Waals surface area contributed by atoms with Crippen molar-refractivity contribution in [2.24, 2.45) is 5.73 Å². The SMILES string of the molecule is CCCCC/C=C\C(N)=O. The average molecular weight is 141 g/mol. The quantitative estimate of drug-likeness (QED) is 0.458. The number of rotatable bonds is 5. The van der Waals surface area contributed by atoms with Crippen molar-refractivity contribution in [1.29, 1.82) is 0 Å². The second-order valence-corrected chi connectivity index (χ2v) is 2.30. The van der Waals surface area contributed by atoms with Gasteiger partial charge in [0, 0.05) is 0 Å². The highest BCUT2D eigenvalue weighted by Gasteiger charge is 1.83. The smallest absolute Gasteiger partial charge is 0.241 e. The zero-order valence-electron chi connectivity index (χ0n) is 6.47. The Kier molecular flexibility index (Phi) is 5.83. The highest BCUT2D eigenvalue weighted by atomic mass is 16.1. The number of hydrogen-bond acceptors (Lipinski definition) is 1. The van der Waals surface area contributed by atoms with Gasteiger partial charge in [-0.2, -0.15) is 0 Å². The van der Waals surface area contributed by atoms with E-state index in [2.05, 4.69) is 6.92 Å². The maximum Gasteiger partial charge on any atom is 0.241 e. The fourth-order valence-electron chi connectivity index (χ4n) is 0.712. The fourth-order valence-corrected chi connectivity index (χ4v) is 0.712. The third kappa shape index (κ3) is 7.21. The Morgan fingerprint density at radius 1 is 1.50 bits per heavy atom. The molecule has 2 nitrogen and oxygen atoms in total. The minimum Gasteiger partial charge on any atom is -0.366 e. The van der Waals surface area contributed by atoms with Gasteiger partial charge in [0.1, 0.15) is 0 Å². The van der Waals surface area contributed by atoms with Gasteiger partial charge in [0.25, 0.3) is 0 Å². The third-order valence-corrected chi connectivity index (χ3v) is 1.26. The van der Waals surface area contributed by atoms with Gasteiger partial charge in [-0.3, -0.25) is 4.79 Å². The van der Waals surface area contributed by atoms with Crippen LogP contribution in [0.4, 0.5) is 0 Å². The molecule has 10 heavy (non-hydrogen) atoms. The van der Waals surface area contributed by atoms with Crippen molar-refractivity contribution >= 4 is 5.91 Å². The van der Waals surface area contributed by atoms with Crippen LogP contribution in [0.2, 0.25) is 0 Å². The van der Waals surface area contributed by atoms with Crippen LogP contribution in [0.25, 0.3) is 0 Å². The summed E-state index contributed by atoms with van der Waals surface area (Å²) < 4.78 is 0. The Morgan fingerprint density at radius 2 is 2.20 bits per heavy atom. The molecule has 1 amide bonds. The molecule has 2 heteroatoms. The number of carbonyl (C=O) groups excluding carboxylic acids is 1. The number of hydrogen-bond donors (Lipinski definition) is 1. The van der Waals surface area contributed by atoms with Crippen molar-refractivity contribution in [1.82, 2.24) is 0 Å². The zero-order chi connectivity index (χ0) is 7.82. The van der Waals surface area contributed by atoms with E-state index < -0.39 is 0 Å². The summed E-state index contributed by atoms with van der Waals surface area (Å²) in [7, 11) is 0. The van der Waals surface area contributed by atoms with Gasteiger partial charge in [0.05, 0.1) is 0 Å². The maximum absolute atomic E-state index is 10.2. The number of carbonyl (C=O) groups is 1. The normalized spacial score (nSPS) is 10.5. The van der Waals surface area contributed by atoms with Crippen molar-refractivity contribution < 1.29 is 4.79 Å². The molecule has 0 aliphatic rings. The van der Waals surface area contributed by atoms with E-state index in [4.69, 9.17) is 5.73 Å². The van der Waals surface area contributed by atoms with Crippen molar-refractivity contribution in [3.63, 3.8) is 0 Å². The van der Waals surface area contributed by atoms with Crippen LogP contribution in [0.5, 0.6) is 0 Å². The van der Waals surface area contributed by atoms with Crippen LogP contribution >= 0.6 is 0 Å². The predicted molar refractivity (Wildman–Crippen MR) is 42.5 cm³/mol. The van der Waals surface area contributed by atoms with Gasteiger partial charge in [-0.25, -0.2) is 0 Å². The molecule has 0 atom stereocenters. The summed E-state index contributed by atoms with van der Waals surface area (Å²) in [6.45, 7) is 2.15. The lowest BCUT2D eigenvalue weighted by atomic mass is 10.2. The lowest BCUT2D eigenvalue weighted by molar-refractivity contribution is -0.113. The lowest BCUT2D eigenvalue weighted by Crippen LogP contribution is -2.05. The first-order valence-corrected chi connectivity index (χ1v) is 3.73. The molecule has 0 fully saturated rings. The number of unbranched alkanes of at least 4 members (excludes halogenated alkanes) is 3. The predicted octanol–water partition coefficient (Wildman–Crippen LogP) is 1.61. The summed E-state index contributed by atoms with van der Waals surface area (Å²) in [4.78, 5) is 10.2. The van der Waals surface area contributed by atoms with E-state index in [-0.39, 0.29) is 5.91 Å². The van der Waals surface area contributed by atoms with Crippen molar-refractivity contribution in [2.75, 3.05) is 0 Å². The first-order valence-electron chi connectivity index (χ1n) is 3.73. The molecule has 58 valence electrons. The largest absolute Gasteiger partial charge is 0.366 e. The zero-order valence-corrected chi connectivity index (χ0v) is 6.47. The van der Waals surface area contributed by atoms with Crippen molar-refractivity contribution in [2.45, 2.75) is 32.6 Å². The number of nitrogens with two attached hydrogens (primary N) is 1. The summed E-state index contributed by atoms with van der Waals surface area (Å²) in [5.41, 5.74) is 4.88. The lowest BCUT2D eigenvalue weighted by Gasteiger charge is -1.89. The molecule has 0 radical (unpaired) electrons. The molecule has 0 spiro atoms. The van der Waals surface area contributed by atoms with Gasteiger partial charge in [-0.1, -0.05) is 25.8 Å². The summed E-state index contributed by atoms with van der Waals surface area (Å²) in [5, 5.41) is 0. The van der Waals surface area contributed by atoms with Crippen LogP contribution in [0.15, 0.2) is 12.2 Å². The Balaban J connectivity index is 3.10. The van der Waals surface area contributed by atoms with Crippen molar-refractivity contribution in [3.8, 4) is 0 Å². The number of primary amides is 1. The van der Waals surface area contributed by atoms with Gasteiger partial charge < -0.3 is 5.73 Å². The Bertz CT molecular complexity index is 118. The van der Waals surface area contributed by atoms with E-state index in [0.29, 0.717) is 0 Å². The maximum atomic E-state index is 10.2. The molecule has 0 aromatic carbocycles. The van der Waals surface area contributed by atoms with Crippen LogP contribution in [-0.4, -0.2) is 5.91 Å². The van der Waals surface area contributed by atoms with Gasteiger partial charge >= 0.3 is 0 Å². The summed E-state index contributed by atoms with van der Waals surface area (Å²) in [6.07, 6.45) is 7.82. The molecule has 2 N–H and O–H groups in total. The molecule has 0 saturated carbocycles. The molecule has 0 aliphatic carbocycles. The van der Waals surface area contributed by atoms with Crippen LogP contribution in [-0.2, 0) is 4.79 Å². The van der Waals surface area contributed by atoms with E-state index >= 15 is 0 Å². The van der Waals surface area contributed by atoms with Crippen LogP contribution in [0.1, 0.15) is 32.6 Å². The van der Waals surface area contributed by atoms with Crippen molar-refractivity contribution in [3.05, 3.63) is 12.2 Å². The molecule has 0 aromatic rings. The molecular formula is C8H15NO. The first kappa shape index (κ1) is 9.21. The molecule has 0 unspecified atom stereocenters. The van der Waals surface area contributed by atoms with Gasteiger partial charge in [-0.15, -0.1) is 0 Å². The summed E-state index contributed by atoms with van der Waals surface area (Å²) >= 11 is 0. The summed E-state index contributed by atoms with van der Waals surface area (Å²) in [6, 6.07) is 0. The Hall–Kier alpha value is -0.790. The minimum atomic E-state index is -0.350. The molecule has 0 aromatic heterocycles. The molecule has 0 saturated heterocycles. The second-order valence-electron chi connectivity index (χ2n) is 2.30. The average Bonchev–Trinajstić information content (AvgIpc) is 1.87. The molecule has 0 heterocycles. The fraction of sp³-hybridized carbons (Fsp3) is 0.625. The third-order valence-electron chi connectivity index (χ3n) is 1.26. The molecular weight excluding hydrogens is 126 g/mol. The highest BCUT2D eigenvalue weighted by Crippen LogP contribution is 1.98. The highest BCUT2D eigenvalue weighted by molar-refractivity contribution is 5.85. The van der Waals surface area contributed by atoms with Gasteiger partial charge in [0.15, 0.2) is 0 Å². The minimum absolute atomic E-state index is 0.350. The second kappa shape index (κ2) is 6.33. The number of amides is 1. The van der Waals surface area contributed by atoms with E-state index in [1.807, 2.05) is 6.08 Å². The Labute approximate surface area is 62.1 Å². The van der Waals surface area contributed by atoms with Gasteiger partial charge in [0.2, 0.25) is 5.91 Å². The van der Waals surface area contributed by atoms with E-state index in [1.54, 1.807) is 0 Å². The monoisotopic (exact) mass is 141 g/mol. The molecule has 0 aliphatic heterocycles. The van der Waals surface area contributed by atoms with E-state index in [9.17, 15) is 4.79 Å². The molecule has 0 bridgehead atoms. The van der Waals surface area contributed by atoms with Gasteiger partial charge in [-0.05, 0) is 18.9 Å². The number of allylic oxidation sites excluding steroid dienone is 1. The van der Waals surface area contributed by atoms with Crippen LogP contribution < -0.4 is 5.73 Å². The van der Waals surface area contributed by atoms with Crippen LogP contribution in [0.3, 0.4) is 0 Å². The standard InChI is InChI=1S/C8H15NO/c1-2-3-4-5-6-7-8(9)10/h6-7H,2-5H2,1H3,(H2,9,10)/b7-6-.